The number of aryl methyl sites for hydroxylation is 2. The van der Waals surface area contributed by atoms with Gasteiger partial charge in [0.05, 0.1) is 9.85 Å². The van der Waals surface area contributed by atoms with Gasteiger partial charge in [-0.05, 0) is 31.5 Å². The van der Waals surface area contributed by atoms with E-state index >= 15 is 0 Å². The van der Waals surface area contributed by atoms with Gasteiger partial charge in [-0.3, -0.25) is 20.2 Å². The van der Waals surface area contributed by atoms with E-state index < -0.39 is 37.1 Å². The molecule has 0 radical (unpaired) electrons. The Morgan fingerprint density at radius 1 is 0.958 bits per heavy atom. The van der Waals surface area contributed by atoms with Crippen LogP contribution in [0.1, 0.15) is 11.1 Å². The van der Waals surface area contributed by atoms with Crippen molar-refractivity contribution in [1.82, 2.24) is 0 Å². The molecule has 24 heavy (non-hydrogen) atoms. The largest absolute Gasteiger partial charge is 0.364 e. The maximum Gasteiger partial charge on any atom is 0.339 e. The number of para-hydroxylation sites is 1. The fraction of sp³-hybridized carbons (Fsp3) is 0.143. The molecule has 0 aliphatic rings. The average Bonchev–Trinajstić information content (AvgIpc) is 2.45. The van der Waals surface area contributed by atoms with Crippen LogP contribution in [-0.4, -0.2) is 18.3 Å². The molecule has 0 atom stereocenters. The third kappa shape index (κ3) is 3.33. The van der Waals surface area contributed by atoms with Gasteiger partial charge in [-0.2, -0.15) is 8.42 Å². The lowest BCUT2D eigenvalue weighted by molar-refractivity contribution is -0.395. The lowest BCUT2D eigenvalue weighted by atomic mass is 10.2. The van der Waals surface area contributed by atoms with Gasteiger partial charge in [-0.1, -0.05) is 17.7 Å². The Hall–Kier alpha value is -3.01. The molecule has 0 fully saturated rings. The molecule has 2 aromatic rings. The molecular formula is C14H12N2O7S. The molecule has 0 amide bonds. The van der Waals surface area contributed by atoms with Gasteiger partial charge in [0.1, 0.15) is 4.90 Å². The van der Waals surface area contributed by atoms with Crippen molar-refractivity contribution in [3.05, 3.63) is 67.8 Å². The smallest absolute Gasteiger partial charge is 0.339 e. The summed E-state index contributed by atoms with van der Waals surface area (Å²) in [6, 6.07) is 7.33. The topological polar surface area (TPSA) is 130 Å². The van der Waals surface area contributed by atoms with E-state index in [-0.39, 0.29) is 4.90 Å². The van der Waals surface area contributed by atoms with Crippen molar-refractivity contribution in [3.63, 3.8) is 0 Å². The highest BCUT2D eigenvalue weighted by Gasteiger charge is 2.32. The van der Waals surface area contributed by atoms with Gasteiger partial charge in [0.2, 0.25) is 0 Å². The van der Waals surface area contributed by atoms with Crippen LogP contribution >= 0.6 is 0 Å². The van der Waals surface area contributed by atoms with Crippen LogP contribution in [0.5, 0.6) is 5.75 Å². The minimum absolute atomic E-state index is 0.222. The number of nitro benzene ring substituents is 2. The molecule has 0 aliphatic carbocycles. The minimum atomic E-state index is -4.48. The molecule has 0 aliphatic heterocycles. The van der Waals surface area contributed by atoms with Crippen molar-refractivity contribution in [2.24, 2.45) is 0 Å². The highest BCUT2D eigenvalue weighted by Crippen LogP contribution is 2.38. The van der Waals surface area contributed by atoms with E-state index in [0.29, 0.717) is 5.56 Å². The second-order valence-electron chi connectivity index (χ2n) is 4.95. The van der Waals surface area contributed by atoms with E-state index in [1.807, 2.05) is 0 Å². The fourth-order valence-electron chi connectivity index (χ4n) is 2.12. The maximum absolute atomic E-state index is 12.4. The number of hydrogen-bond donors (Lipinski definition) is 0. The standard InChI is InChI=1S/C14H12N2O7S/c1-9-6-7-13(10(2)8-9)24(21,22)23-14-11(15(17)18)4-3-5-12(14)16(19)20/h3-8H,1-2H3. The predicted molar refractivity (Wildman–Crippen MR) is 83.5 cm³/mol. The zero-order valence-electron chi connectivity index (χ0n) is 12.6. The zero-order chi connectivity index (χ0) is 18.1. The van der Waals surface area contributed by atoms with Crippen LogP contribution in [-0.2, 0) is 10.1 Å². The molecule has 0 unspecified atom stereocenters. The second kappa shape index (κ2) is 6.24. The molecule has 0 spiro atoms. The summed E-state index contributed by atoms with van der Waals surface area (Å²) in [7, 11) is -4.48. The van der Waals surface area contributed by atoms with Crippen LogP contribution in [0.2, 0.25) is 0 Å². The molecular weight excluding hydrogens is 340 g/mol. The molecule has 2 aromatic carbocycles. The third-order valence-electron chi connectivity index (χ3n) is 3.16. The van der Waals surface area contributed by atoms with Crippen molar-refractivity contribution in [2.75, 3.05) is 0 Å². The number of hydrogen-bond acceptors (Lipinski definition) is 7. The molecule has 0 N–H and O–H groups in total. The Labute approximate surface area is 136 Å². The van der Waals surface area contributed by atoms with E-state index in [4.69, 9.17) is 4.18 Å². The molecule has 0 saturated carbocycles. The quantitative estimate of drug-likeness (QED) is 0.459. The van der Waals surface area contributed by atoms with Crippen LogP contribution in [0, 0.1) is 34.1 Å². The summed E-state index contributed by atoms with van der Waals surface area (Å²) in [6.45, 7) is 3.29. The van der Waals surface area contributed by atoms with E-state index in [1.165, 1.54) is 19.1 Å². The van der Waals surface area contributed by atoms with Gasteiger partial charge in [-0.15, -0.1) is 0 Å². The summed E-state index contributed by atoms with van der Waals surface area (Å²) < 4.78 is 29.6. The molecule has 2 rings (SSSR count). The Balaban J connectivity index is 2.61. The maximum atomic E-state index is 12.4. The predicted octanol–water partition coefficient (Wildman–Crippen LogP) is 2.89. The zero-order valence-corrected chi connectivity index (χ0v) is 13.4. The van der Waals surface area contributed by atoms with Gasteiger partial charge in [0.25, 0.3) is 5.75 Å². The minimum Gasteiger partial charge on any atom is -0.364 e. The Bertz CT molecular complexity index is 906. The monoisotopic (exact) mass is 352 g/mol. The van der Waals surface area contributed by atoms with Crippen molar-refractivity contribution in [3.8, 4) is 5.75 Å². The van der Waals surface area contributed by atoms with E-state index in [2.05, 4.69) is 0 Å². The first-order chi connectivity index (χ1) is 11.1. The molecule has 0 aromatic heterocycles. The van der Waals surface area contributed by atoms with Gasteiger partial charge in [0.15, 0.2) is 0 Å². The molecule has 9 nitrogen and oxygen atoms in total. The van der Waals surface area contributed by atoms with Gasteiger partial charge in [-0.25, -0.2) is 0 Å². The molecule has 0 heterocycles. The summed E-state index contributed by atoms with van der Waals surface area (Å²) in [4.78, 5) is 20.0. The lowest BCUT2D eigenvalue weighted by Crippen LogP contribution is -2.13. The first-order valence-electron chi connectivity index (χ1n) is 6.57. The Morgan fingerprint density at radius 2 is 1.50 bits per heavy atom. The normalized spacial score (nSPS) is 11.1. The summed E-state index contributed by atoms with van der Waals surface area (Å²) >= 11 is 0. The van der Waals surface area contributed by atoms with Crippen LogP contribution in [0.3, 0.4) is 0 Å². The number of nitro groups is 2. The van der Waals surface area contributed by atoms with Crippen molar-refractivity contribution < 1.29 is 22.4 Å². The van der Waals surface area contributed by atoms with Crippen LogP contribution in [0.15, 0.2) is 41.3 Å². The Kier molecular flexibility index (Phi) is 4.51. The first kappa shape index (κ1) is 17.3. The fourth-order valence-corrected chi connectivity index (χ4v) is 3.29. The SMILES string of the molecule is Cc1ccc(S(=O)(=O)Oc2c([N+](=O)[O-])cccc2[N+](=O)[O-])c(C)c1. The molecule has 126 valence electrons. The van der Waals surface area contributed by atoms with Gasteiger partial charge >= 0.3 is 21.5 Å². The van der Waals surface area contributed by atoms with Crippen molar-refractivity contribution >= 4 is 21.5 Å². The molecule has 0 bridgehead atoms. The van der Waals surface area contributed by atoms with E-state index in [0.717, 1.165) is 23.8 Å². The number of nitrogens with zero attached hydrogens (tertiary/aromatic N) is 2. The summed E-state index contributed by atoms with van der Waals surface area (Å²) in [5.41, 5.74) is -0.450. The highest BCUT2D eigenvalue weighted by atomic mass is 32.2. The van der Waals surface area contributed by atoms with Crippen LogP contribution < -0.4 is 4.18 Å². The summed E-state index contributed by atoms with van der Waals surface area (Å²) in [5, 5.41) is 22.1. The van der Waals surface area contributed by atoms with E-state index in [9.17, 15) is 28.6 Å². The second-order valence-corrected chi connectivity index (χ2v) is 6.46. The molecule has 0 saturated heterocycles. The average molecular weight is 352 g/mol. The summed E-state index contributed by atoms with van der Waals surface area (Å²) in [5.74, 6) is -0.924. The van der Waals surface area contributed by atoms with Crippen molar-refractivity contribution in [1.29, 1.82) is 0 Å². The third-order valence-corrected chi connectivity index (χ3v) is 4.54. The van der Waals surface area contributed by atoms with Crippen LogP contribution in [0.4, 0.5) is 11.4 Å². The lowest BCUT2D eigenvalue weighted by Gasteiger charge is -2.10. The van der Waals surface area contributed by atoms with E-state index in [1.54, 1.807) is 13.0 Å². The van der Waals surface area contributed by atoms with Crippen molar-refractivity contribution in [2.45, 2.75) is 18.7 Å². The van der Waals surface area contributed by atoms with Gasteiger partial charge < -0.3 is 4.18 Å². The summed E-state index contributed by atoms with van der Waals surface area (Å²) in [6.07, 6.45) is 0. The highest BCUT2D eigenvalue weighted by molar-refractivity contribution is 7.87. The number of rotatable bonds is 5. The van der Waals surface area contributed by atoms with Gasteiger partial charge in [0, 0.05) is 12.1 Å². The van der Waals surface area contributed by atoms with Crippen LogP contribution in [0.25, 0.3) is 0 Å². The molecule has 10 heteroatoms. The first-order valence-corrected chi connectivity index (χ1v) is 7.98. The Morgan fingerprint density at radius 3 is 1.96 bits per heavy atom. The number of benzene rings is 2.